The SMILES string of the molecule is C1=CC2C=C(c3nc(-c4ccc5ccccc5c4)nc(-c4ccc(-c5cccc6ccccc56)c5oc6ccccc6c45)n3)C=CC2C=C1c1ccccc1. The molecule has 0 bridgehead atoms. The van der Waals surface area contributed by atoms with Crippen LogP contribution in [-0.4, -0.2) is 15.0 Å². The highest BCUT2D eigenvalue weighted by molar-refractivity contribution is 6.17. The Bertz CT molecular complexity index is 3110. The van der Waals surface area contributed by atoms with E-state index in [1.807, 2.05) is 12.1 Å². The topological polar surface area (TPSA) is 51.8 Å². The van der Waals surface area contributed by atoms with Gasteiger partial charge in [-0.1, -0.05) is 164 Å². The van der Waals surface area contributed by atoms with Crippen molar-refractivity contribution in [3.05, 3.63) is 200 Å². The second-order valence-electron chi connectivity index (χ2n) is 14.3. The molecule has 55 heavy (non-hydrogen) atoms. The summed E-state index contributed by atoms with van der Waals surface area (Å²) in [5.74, 6) is 2.33. The average molecular weight is 704 g/mol. The van der Waals surface area contributed by atoms with E-state index in [1.54, 1.807) is 0 Å². The minimum atomic E-state index is 0.196. The van der Waals surface area contributed by atoms with Gasteiger partial charge in [-0.2, -0.15) is 0 Å². The van der Waals surface area contributed by atoms with Crippen molar-refractivity contribution in [1.29, 1.82) is 0 Å². The van der Waals surface area contributed by atoms with Gasteiger partial charge in [-0.25, -0.2) is 15.0 Å². The van der Waals surface area contributed by atoms with E-state index >= 15 is 0 Å². The van der Waals surface area contributed by atoms with E-state index < -0.39 is 0 Å². The van der Waals surface area contributed by atoms with Crippen LogP contribution in [0.2, 0.25) is 0 Å². The largest absolute Gasteiger partial charge is 0.455 e. The molecule has 2 aromatic heterocycles. The van der Waals surface area contributed by atoms with Gasteiger partial charge in [0.15, 0.2) is 17.5 Å². The van der Waals surface area contributed by atoms with Gasteiger partial charge in [-0.05, 0) is 62.5 Å². The van der Waals surface area contributed by atoms with Crippen molar-refractivity contribution in [2.24, 2.45) is 11.8 Å². The van der Waals surface area contributed by atoms with Crippen LogP contribution in [0.25, 0.3) is 88.5 Å². The molecule has 0 saturated heterocycles. The third-order valence-corrected chi connectivity index (χ3v) is 11.0. The third-order valence-electron chi connectivity index (χ3n) is 11.0. The van der Waals surface area contributed by atoms with Crippen LogP contribution < -0.4 is 0 Å². The lowest BCUT2D eigenvalue weighted by atomic mass is 9.80. The fraction of sp³-hybridized carbons (Fsp3) is 0.0392. The standard InChI is InChI=1S/C51H33N3O/c1-2-11-32(12-3-1)36-22-23-38-31-40(26-24-37(38)29-36)50-52-49(39-25-21-33-13-4-5-15-35(33)30-39)53-51(54-50)45-28-27-43(42-19-10-16-34-14-6-7-17-41(34)42)48-47(45)44-18-8-9-20-46(44)55-48/h1-31,37-38H. The molecular weight excluding hydrogens is 671 g/mol. The van der Waals surface area contributed by atoms with Crippen LogP contribution in [-0.2, 0) is 0 Å². The predicted molar refractivity (Wildman–Crippen MR) is 226 cm³/mol. The van der Waals surface area contributed by atoms with Crippen molar-refractivity contribution in [1.82, 2.24) is 15.0 Å². The maximum atomic E-state index is 6.75. The first-order chi connectivity index (χ1) is 27.2. The molecule has 9 aromatic rings. The molecule has 11 rings (SSSR count). The van der Waals surface area contributed by atoms with Gasteiger partial charge in [0, 0.05) is 44.9 Å². The number of benzene rings is 7. The second-order valence-corrected chi connectivity index (χ2v) is 14.3. The van der Waals surface area contributed by atoms with E-state index in [9.17, 15) is 0 Å². The zero-order chi connectivity index (χ0) is 36.3. The molecule has 2 heterocycles. The van der Waals surface area contributed by atoms with Crippen LogP contribution in [0.15, 0.2) is 193 Å². The summed E-state index contributed by atoms with van der Waals surface area (Å²) in [5.41, 5.74) is 9.10. The van der Waals surface area contributed by atoms with E-state index in [-0.39, 0.29) is 11.8 Å². The number of para-hydroxylation sites is 1. The Morgan fingerprint density at radius 1 is 0.418 bits per heavy atom. The molecule has 0 radical (unpaired) electrons. The molecule has 2 atom stereocenters. The molecule has 7 aromatic carbocycles. The number of hydrogen-bond donors (Lipinski definition) is 0. The highest BCUT2D eigenvalue weighted by Gasteiger charge is 2.25. The first kappa shape index (κ1) is 31.4. The first-order valence-corrected chi connectivity index (χ1v) is 18.8. The van der Waals surface area contributed by atoms with Crippen molar-refractivity contribution < 1.29 is 4.42 Å². The van der Waals surface area contributed by atoms with Gasteiger partial charge in [0.25, 0.3) is 0 Å². The molecule has 4 heteroatoms. The van der Waals surface area contributed by atoms with Gasteiger partial charge >= 0.3 is 0 Å². The quantitative estimate of drug-likeness (QED) is 0.179. The molecule has 258 valence electrons. The highest BCUT2D eigenvalue weighted by atomic mass is 16.3. The molecule has 2 unspecified atom stereocenters. The Morgan fingerprint density at radius 3 is 1.95 bits per heavy atom. The number of allylic oxidation sites excluding steroid dienone is 8. The summed E-state index contributed by atoms with van der Waals surface area (Å²) in [5, 5.41) is 6.69. The molecule has 0 N–H and O–H groups in total. The average Bonchev–Trinajstić information content (AvgIpc) is 3.65. The first-order valence-electron chi connectivity index (χ1n) is 18.8. The van der Waals surface area contributed by atoms with E-state index in [0.29, 0.717) is 17.5 Å². The minimum absolute atomic E-state index is 0.196. The normalized spacial score (nSPS) is 16.4. The van der Waals surface area contributed by atoms with E-state index in [2.05, 4.69) is 176 Å². The molecule has 2 aliphatic rings. The zero-order valence-electron chi connectivity index (χ0n) is 29.8. The second kappa shape index (κ2) is 12.8. The molecule has 0 saturated carbocycles. The number of hydrogen-bond acceptors (Lipinski definition) is 4. The van der Waals surface area contributed by atoms with Gasteiger partial charge < -0.3 is 4.42 Å². The Hall–Kier alpha value is -7.17. The highest BCUT2D eigenvalue weighted by Crippen LogP contribution is 2.43. The summed E-state index contributed by atoms with van der Waals surface area (Å²) in [6, 6.07) is 52.9. The lowest BCUT2D eigenvalue weighted by Gasteiger charge is -2.25. The Morgan fingerprint density at radius 2 is 1.07 bits per heavy atom. The zero-order valence-corrected chi connectivity index (χ0v) is 29.8. The molecule has 0 amide bonds. The van der Waals surface area contributed by atoms with Gasteiger partial charge in [0.2, 0.25) is 0 Å². The fourth-order valence-electron chi connectivity index (χ4n) is 8.29. The number of furan rings is 1. The lowest BCUT2D eigenvalue weighted by Crippen LogP contribution is -2.14. The Labute approximate surface area is 318 Å². The summed E-state index contributed by atoms with van der Waals surface area (Å²) >= 11 is 0. The lowest BCUT2D eigenvalue weighted by molar-refractivity contribution is 0.664. The van der Waals surface area contributed by atoms with Crippen LogP contribution >= 0.6 is 0 Å². The molecule has 0 fully saturated rings. The van der Waals surface area contributed by atoms with Crippen LogP contribution in [0.1, 0.15) is 11.4 Å². The number of aromatic nitrogens is 3. The van der Waals surface area contributed by atoms with Gasteiger partial charge in [0.05, 0.1) is 0 Å². The van der Waals surface area contributed by atoms with E-state index in [0.717, 1.165) is 55.2 Å². The molecule has 0 spiro atoms. The molecular formula is C51H33N3O. The van der Waals surface area contributed by atoms with E-state index in [1.165, 1.54) is 27.3 Å². The molecule has 4 nitrogen and oxygen atoms in total. The summed E-state index contributed by atoms with van der Waals surface area (Å²) < 4.78 is 6.75. The maximum Gasteiger partial charge on any atom is 0.164 e. The van der Waals surface area contributed by atoms with Crippen molar-refractivity contribution in [2.75, 3.05) is 0 Å². The summed E-state index contributed by atoms with van der Waals surface area (Å²) in [7, 11) is 0. The van der Waals surface area contributed by atoms with Crippen LogP contribution in [0.3, 0.4) is 0 Å². The summed E-state index contributed by atoms with van der Waals surface area (Å²) in [6.07, 6.45) is 13.7. The molecule has 0 aliphatic heterocycles. The number of rotatable bonds is 5. The third kappa shape index (κ3) is 5.42. The summed E-state index contributed by atoms with van der Waals surface area (Å²) in [6.45, 7) is 0. The Balaban J connectivity index is 1.10. The number of fused-ring (bicyclic) bond motifs is 6. The van der Waals surface area contributed by atoms with Crippen LogP contribution in [0, 0.1) is 11.8 Å². The number of nitrogens with zero attached hydrogens (tertiary/aromatic N) is 3. The van der Waals surface area contributed by atoms with Crippen LogP contribution in [0.4, 0.5) is 0 Å². The molecule has 2 aliphatic carbocycles. The Kier molecular flexibility index (Phi) is 7.27. The monoisotopic (exact) mass is 703 g/mol. The fourth-order valence-corrected chi connectivity index (χ4v) is 8.29. The van der Waals surface area contributed by atoms with Crippen molar-refractivity contribution in [3.63, 3.8) is 0 Å². The van der Waals surface area contributed by atoms with Crippen molar-refractivity contribution in [3.8, 4) is 33.9 Å². The van der Waals surface area contributed by atoms with Gasteiger partial charge in [-0.15, -0.1) is 0 Å². The van der Waals surface area contributed by atoms with Crippen molar-refractivity contribution in [2.45, 2.75) is 0 Å². The van der Waals surface area contributed by atoms with Crippen LogP contribution in [0.5, 0.6) is 0 Å². The minimum Gasteiger partial charge on any atom is -0.455 e. The maximum absolute atomic E-state index is 6.75. The van der Waals surface area contributed by atoms with Crippen molar-refractivity contribution >= 4 is 54.6 Å². The van der Waals surface area contributed by atoms with E-state index in [4.69, 9.17) is 19.4 Å². The predicted octanol–water partition coefficient (Wildman–Crippen LogP) is 12.9. The summed E-state index contributed by atoms with van der Waals surface area (Å²) in [4.78, 5) is 15.7. The van der Waals surface area contributed by atoms with Gasteiger partial charge in [-0.3, -0.25) is 0 Å². The smallest absolute Gasteiger partial charge is 0.164 e. The van der Waals surface area contributed by atoms with Gasteiger partial charge in [0.1, 0.15) is 11.2 Å².